The first kappa shape index (κ1) is 17.3. The van der Waals surface area contributed by atoms with E-state index in [4.69, 9.17) is 0 Å². The summed E-state index contributed by atoms with van der Waals surface area (Å²) < 4.78 is 0. The van der Waals surface area contributed by atoms with Crippen molar-refractivity contribution in [3.63, 3.8) is 0 Å². The van der Waals surface area contributed by atoms with E-state index in [9.17, 15) is 14.9 Å². The van der Waals surface area contributed by atoms with Gasteiger partial charge >= 0.3 is 0 Å². The average molecular weight is 292 g/mol. The number of hydrogen-bond acceptors (Lipinski definition) is 4. The number of carbonyl (C=O) groups excluding carboxylic acids is 1. The summed E-state index contributed by atoms with van der Waals surface area (Å²) in [5.41, 5.74) is 2.63. The number of Topliss-reactive ketones (excluding diaryl/α,β-unsaturated/α-hetero) is 1. The van der Waals surface area contributed by atoms with Crippen LogP contribution in [0.2, 0.25) is 0 Å². The summed E-state index contributed by atoms with van der Waals surface area (Å²) in [6.45, 7) is 10.0. The molecule has 0 radical (unpaired) electrons. The van der Waals surface area contributed by atoms with E-state index in [1.165, 1.54) is 0 Å². The zero-order valence-corrected chi connectivity index (χ0v) is 13.3. The van der Waals surface area contributed by atoms with Crippen LogP contribution in [0.15, 0.2) is 12.1 Å². The van der Waals surface area contributed by atoms with Crippen molar-refractivity contribution in [1.29, 1.82) is 0 Å². The van der Waals surface area contributed by atoms with Crippen LogP contribution in [0.4, 0.5) is 5.69 Å². The van der Waals surface area contributed by atoms with E-state index in [2.05, 4.69) is 11.8 Å². The van der Waals surface area contributed by atoms with E-state index in [0.717, 1.165) is 36.2 Å². The molecule has 0 unspecified atom stereocenters. The monoisotopic (exact) mass is 292 g/mol. The van der Waals surface area contributed by atoms with Crippen LogP contribution in [0.1, 0.15) is 37.0 Å². The molecule has 0 spiro atoms. The van der Waals surface area contributed by atoms with Crippen molar-refractivity contribution in [2.45, 2.75) is 40.5 Å². The molecule has 0 aliphatic heterocycles. The molecule has 0 amide bonds. The number of aryl methyl sites for hydroxylation is 2. The van der Waals surface area contributed by atoms with Gasteiger partial charge in [-0.1, -0.05) is 13.8 Å². The van der Waals surface area contributed by atoms with E-state index in [1.54, 1.807) is 12.1 Å². The smallest absolute Gasteiger partial charge is 0.269 e. The lowest BCUT2D eigenvalue weighted by Gasteiger charge is -2.19. The predicted octanol–water partition coefficient (Wildman–Crippen LogP) is 3.06. The Morgan fingerprint density at radius 1 is 1.24 bits per heavy atom. The normalized spacial score (nSPS) is 10.9. The number of nitro benzene ring substituents is 1. The first-order valence-corrected chi connectivity index (χ1v) is 7.37. The van der Waals surface area contributed by atoms with Gasteiger partial charge < -0.3 is 0 Å². The van der Waals surface area contributed by atoms with Crippen LogP contribution in [0.3, 0.4) is 0 Å². The number of ketones is 1. The second-order valence-corrected chi connectivity index (χ2v) is 5.40. The third-order valence-corrected chi connectivity index (χ3v) is 3.65. The average Bonchev–Trinajstić information content (AvgIpc) is 2.41. The highest BCUT2D eigenvalue weighted by atomic mass is 16.6. The van der Waals surface area contributed by atoms with Crippen molar-refractivity contribution < 1.29 is 9.72 Å². The number of nitrogens with zero attached hydrogens (tertiary/aromatic N) is 2. The van der Waals surface area contributed by atoms with Gasteiger partial charge in [0.15, 0.2) is 5.78 Å². The van der Waals surface area contributed by atoms with Gasteiger partial charge in [0.2, 0.25) is 0 Å². The number of carbonyl (C=O) groups is 1. The van der Waals surface area contributed by atoms with Crippen LogP contribution >= 0.6 is 0 Å². The highest BCUT2D eigenvalue weighted by Crippen LogP contribution is 2.22. The van der Waals surface area contributed by atoms with Crippen LogP contribution in [0.25, 0.3) is 0 Å². The Morgan fingerprint density at radius 3 is 2.24 bits per heavy atom. The van der Waals surface area contributed by atoms with E-state index in [-0.39, 0.29) is 11.5 Å². The standard InChI is InChI=1S/C16H24N2O3/c1-5-7-17(6-2)11-15(19)10-16-12(3)8-14(18(20)21)9-13(16)4/h8-9H,5-7,10-11H2,1-4H3. The molecule has 21 heavy (non-hydrogen) atoms. The molecule has 5 heteroatoms. The SMILES string of the molecule is CCCN(CC)CC(=O)Cc1c(C)cc([N+](=O)[O-])cc1C. The Hall–Kier alpha value is -1.75. The molecule has 0 aliphatic carbocycles. The molecule has 0 atom stereocenters. The van der Waals surface area contributed by atoms with Gasteiger partial charge in [-0.2, -0.15) is 0 Å². The van der Waals surface area contributed by atoms with Crippen LogP contribution in [-0.4, -0.2) is 35.2 Å². The number of non-ortho nitro benzene ring substituents is 1. The third kappa shape index (κ3) is 4.93. The van der Waals surface area contributed by atoms with Crippen LogP contribution in [0.5, 0.6) is 0 Å². The minimum Gasteiger partial charge on any atom is -0.298 e. The number of likely N-dealkylation sites (N-methyl/N-ethyl adjacent to an activating group) is 1. The summed E-state index contributed by atoms with van der Waals surface area (Å²) in [5.74, 6) is 0.158. The molecule has 0 bridgehead atoms. The summed E-state index contributed by atoms with van der Waals surface area (Å²) in [7, 11) is 0. The van der Waals surface area contributed by atoms with Crippen molar-refractivity contribution >= 4 is 11.5 Å². The first-order valence-electron chi connectivity index (χ1n) is 7.37. The second kappa shape index (κ2) is 7.88. The lowest BCUT2D eigenvalue weighted by atomic mass is 9.97. The van der Waals surface area contributed by atoms with Crippen molar-refractivity contribution in [3.05, 3.63) is 38.9 Å². The summed E-state index contributed by atoms with van der Waals surface area (Å²) >= 11 is 0. The fourth-order valence-electron chi connectivity index (χ4n) is 2.52. The third-order valence-electron chi connectivity index (χ3n) is 3.65. The molecule has 0 aromatic heterocycles. The van der Waals surface area contributed by atoms with Gasteiger partial charge in [0.25, 0.3) is 5.69 Å². The molecule has 0 heterocycles. The van der Waals surface area contributed by atoms with Crippen molar-refractivity contribution in [1.82, 2.24) is 4.90 Å². The van der Waals surface area contributed by atoms with Gasteiger partial charge in [0.05, 0.1) is 11.5 Å². The van der Waals surface area contributed by atoms with Crippen molar-refractivity contribution in [3.8, 4) is 0 Å². The fourth-order valence-corrected chi connectivity index (χ4v) is 2.52. The van der Waals surface area contributed by atoms with Gasteiger partial charge in [-0.25, -0.2) is 0 Å². The van der Waals surface area contributed by atoms with E-state index in [0.29, 0.717) is 13.0 Å². The second-order valence-electron chi connectivity index (χ2n) is 5.40. The van der Waals surface area contributed by atoms with E-state index >= 15 is 0 Å². The quantitative estimate of drug-likeness (QED) is 0.545. The van der Waals surface area contributed by atoms with E-state index in [1.807, 2.05) is 20.8 Å². The first-order chi connectivity index (χ1) is 9.88. The Morgan fingerprint density at radius 2 is 1.81 bits per heavy atom. The summed E-state index contributed by atoms with van der Waals surface area (Å²) in [6.07, 6.45) is 1.37. The molecule has 0 saturated carbocycles. The zero-order chi connectivity index (χ0) is 16.0. The predicted molar refractivity (Wildman–Crippen MR) is 83.7 cm³/mol. The zero-order valence-electron chi connectivity index (χ0n) is 13.3. The molecule has 1 rings (SSSR count). The number of hydrogen-bond donors (Lipinski definition) is 0. The number of rotatable bonds is 8. The largest absolute Gasteiger partial charge is 0.298 e. The maximum Gasteiger partial charge on any atom is 0.269 e. The molecule has 0 aliphatic rings. The lowest BCUT2D eigenvalue weighted by molar-refractivity contribution is -0.385. The summed E-state index contributed by atoms with van der Waals surface area (Å²) in [6, 6.07) is 3.08. The molecular formula is C16H24N2O3. The van der Waals surface area contributed by atoms with Crippen molar-refractivity contribution in [2.75, 3.05) is 19.6 Å². The van der Waals surface area contributed by atoms with Gasteiger partial charge in [-0.05, 0) is 50.0 Å². The molecule has 116 valence electrons. The molecule has 0 fully saturated rings. The summed E-state index contributed by atoms with van der Waals surface area (Å²) in [4.78, 5) is 24.8. The molecule has 1 aromatic carbocycles. The van der Waals surface area contributed by atoms with Gasteiger partial charge in [0, 0.05) is 18.6 Å². The molecule has 1 aromatic rings. The molecule has 0 N–H and O–H groups in total. The van der Waals surface area contributed by atoms with E-state index < -0.39 is 4.92 Å². The fraction of sp³-hybridized carbons (Fsp3) is 0.562. The van der Waals surface area contributed by atoms with Gasteiger partial charge in [-0.3, -0.25) is 19.8 Å². The number of nitro groups is 1. The maximum absolute atomic E-state index is 12.2. The van der Waals surface area contributed by atoms with Gasteiger partial charge in [0.1, 0.15) is 0 Å². The molecule has 0 saturated heterocycles. The van der Waals surface area contributed by atoms with Crippen LogP contribution in [-0.2, 0) is 11.2 Å². The Kier molecular flexibility index (Phi) is 6.49. The van der Waals surface area contributed by atoms with Crippen molar-refractivity contribution in [2.24, 2.45) is 0 Å². The Balaban J connectivity index is 2.83. The van der Waals surface area contributed by atoms with Crippen LogP contribution in [0, 0.1) is 24.0 Å². The van der Waals surface area contributed by atoms with Crippen LogP contribution < -0.4 is 0 Å². The topological polar surface area (TPSA) is 63.5 Å². The molecule has 5 nitrogen and oxygen atoms in total. The van der Waals surface area contributed by atoms with Gasteiger partial charge in [-0.15, -0.1) is 0 Å². The number of benzene rings is 1. The summed E-state index contributed by atoms with van der Waals surface area (Å²) in [5, 5.41) is 10.8. The minimum atomic E-state index is -0.397. The Labute approximate surface area is 126 Å². The lowest BCUT2D eigenvalue weighted by Crippen LogP contribution is -2.31. The minimum absolute atomic E-state index is 0.0855. The molecular weight excluding hydrogens is 268 g/mol. The highest BCUT2D eigenvalue weighted by Gasteiger charge is 2.15. The Bertz CT molecular complexity index is 503. The maximum atomic E-state index is 12.2. The highest BCUT2D eigenvalue weighted by molar-refractivity contribution is 5.83.